The van der Waals surface area contributed by atoms with Crippen LogP contribution in [0, 0.1) is 5.92 Å². The van der Waals surface area contributed by atoms with E-state index in [-0.39, 0.29) is 22.9 Å². The molecule has 1 fully saturated rings. The van der Waals surface area contributed by atoms with Gasteiger partial charge in [-0.05, 0) is 36.8 Å². The topological polar surface area (TPSA) is 79.3 Å². The first-order valence-electron chi connectivity index (χ1n) is 8.14. The van der Waals surface area contributed by atoms with E-state index in [9.17, 15) is 9.59 Å². The molecule has 2 N–H and O–H groups in total. The number of aromatic nitrogens is 1. The number of aromatic carboxylic acids is 1. The third kappa shape index (κ3) is 2.51. The van der Waals surface area contributed by atoms with Gasteiger partial charge in [-0.2, -0.15) is 0 Å². The predicted molar refractivity (Wildman–Crippen MR) is 90.1 cm³/mol. The first-order chi connectivity index (χ1) is 11.6. The van der Waals surface area contributed by atoms with Crippen LogP contribution in [0.25, 0.3) is 0 Å². The Morgan fingerprint density at radius 3 is 3.00 bits per heavy atom. The maximum atomic E-state index is 12.6. The van der Waals surface area contributed by atoms with Gasteiger partial charge in [0.2, 0.25) is 5.91 Å². The van der Waals surface area contributed by atoms with Gasteiger partial charge in [0.25, 0.3) is 0 Å². The molecule has 2 unspecified atom stereocenters. The predicted octanol–water partition coefficient (Wildman–Crippen LogP) is 2.75. The molecule has 0 bridgehead atoms. The number of carbonyl (C=O) groups is 2. The molecule has 4 rings (SSSR count). The third-order valence-electron chi connectivity index (χ3n) is 5.20. The van der Waals surface area contributed by atoms with Crippen LogP contribution >= 0.6 is 11.3 Å². The van der Waals surface area contributed by atoms with E-state index in [1.807, 2.05) is 0 Å². The fraction of sp³-hybridized carbons (Fsp3) is 0.389. The number of nitrogens with one attached hydrogen (secondary N) is 1. The third-order valence-corrected chi connectivity index (χ3v) is 6.05. The largest absolute Gasteiger partial charge is 0.476 e. The van der Waals surface area contributed by atoms with Crippen molar-refractivity contribution in [3.63, 3.8) is 0 Å². The molecule has 2 aliphatic rings. The summed E-state index contributed by atoms with van der Waals surface area (Å²) in [5, 5.41) is 13.9. The number of thiazole rings is 1. The molecule has 2 aliphatic carbocycles. The van der Waals surface area contributed by atoms with Gasteiger partial charge >= 0.3 is 5.97 Å². The highest BCUT2D eigenvalue weighted by molar-refractivity contribution is 7.09. The van der Waals surface area contributed by atoms with Gasteiger partial charge in [-0.3, -0.25) is 4.79 Å². The lowest BCUT2D eigenvalue weighted by molar-refractivity contribution is -0.123. The molecule has 124 valence electrons. The fourth-order valence-electron chi connectivity index (χ4n) is 3.95. The van der Waals surface area contributed by atoms with E-state index >= 15 is 0 Å². The Kier molecular flexibility index (Phi) is 3.64. The minimum absolute atomic E-state index is 0.0219. The van der Waals surface area contributed by atoms with Gasteiger partial charge in [0.15, 0.2) is 5.69 Å². The normalized spacial score (nSPS) is 24.4. The van der Waals surface area contributed by atoms with Crippen molar-refractivity contribution in [2.45, 2.75) is 37.6 Å². The zero-order valence-electron chi connectivity index (χ0n) is 13.1. The smallest absolute Gasteiger partial charge is 0.355 e. The standard InChI is InChI=1S/C18H18N2O3S/c21-16(19-9-15-20-14(10-24-15)17(22)23)13-8-18(13)7-3-5-11-4-1-2-6-12(11)18/h1-2,4,6,10,13H,3,5,7-9H2,(H,19,21)(H,22,23). The molecule has 1 amide bonds. The Morgan fingerprint density at radius 1 is 1.38 bits per heavy atom. The van der Waals surface area contributed by atoms with E-state index in [1.54, 1.807) is 0 Å². The number of hydrogen-bond acceptors (Lipinski definition) is 4. The fourth-order valence-corrected chi connectivity index (χ4v) is 4.66. The molecule has 5 nitrogen and oxygen atoms in total. The van der Waals surface area contributed by atoms with Crippen LogP contribution in [-0.2, 0) is 23.2 Å². The average Bonchev–Trinajstić information content (AvgIpc) is 3.09. The molecule has 0 aliphatic heterocycles. The average molecular weight is 342 g/mol. The molecule has 0 saturated heterocycles. The van der Waals surface area contributed by atoms with Crippen LogP contribution in [0.2, 0.25) is 0 Å². The summed E-state index contributed by atoms with van der Waals surface area (Å²) >= 11 is 1.26. The van der Waals surface area contributed by atoms with Crippen molar-refractivity contribution in [3.8, 4) is 0 Å². The summed E-state index contributed by atoms with van der Waals surface area (Å²) in [7, 11) is 0. The molecular weight excluding hydrogens is 324 g/mol. The molecule has 1 aromatic carbocycles. The minimum Gasteiger partial charge on any atom is -0.476 e. The quantitative estimate of drug-likeness (QED) is 0.895. The second-order valence-electron chi connectivity index (χ2n) is 6.57. The van der Waals surface area contributed by atoms with Gasteiger partial charge < -0.3 is 10.4 Å². The molecule has 0 radical (unpaired) electrons. The highest BCUT2D eigenvalue weighted by atomic mass is 32.1. The highest BCUT2D eigenvalue weighted by Gasteiger charge is 2.59. The van der Waals surface area contributed by atoms with Gasteiger partial charge in [-0.1, -0.05) is 24.3 Å². The zero-order valence-corrected chi connectivity index (χ0v) is 13.9. The zero-order chi connectivity index (χ0) is 16.7. The molecule has 2 aromatic rings. The summed E-state index contributed by atoms with van der Waals surface area (Å²) in [6, 6.07) is 8.47. The Balaban J connectivity index is 1.43. The molecule has 1 spiro atoms. The lowest BCUT2D eigenvalue weighted by Crippen LogP contribution is -2.29. The highest BCUT2D eigenvalue weighted by Crippen LogP contribution is 2.60. The molecule has 1 heterocycles. The van der Waals surface area contributed by atoms with Crippen molar-refractivity contribution in [1.82, 2.24) is 10.3 Å². The Morgan fingerprint density at radius 2 is 2.21 bits per heavy atom. The molecule has 2 atom stereocenters. The van der Waals surface area contributed by atoms with Crippen LogP contribution in [-0.4, -0.2) is 22.0 Å². The van der Waals surface area contributed by atoms with Crippen LogP contribution in [0.1, 0.15) is 45.9 Å². The summed E-state index contributed by atoms with van der Waals surface area (Å²) in [6.07, 6.45) is 4.22. The van der Waals surface area contributed by atoms with Crippen molar-refractivity contribution < 1.29 is 14.7 Å². The number of carbonyl (C=O) groups excluding carboxylic acids is 1. The van der Waals surface area contributed by atoms with Crippen molar-refractivity contribution in [3.05, 3.63) is 51.5 Å². The van der Waals surface area contributed by atoms with Gasteiger partial charge in [0.1, 0.15) is 5.01 Å². The number of carboxylic acid groups (broad SMARTS) is 1. The van der Waals surface area contributed by atoms with E-state index in [1.165, 1.54) is 27.8 Å². The van der Waals surface area contributed by atoms with Gasteiger partial charge in [-0.15, -0.1) is 11.3 Å². The molecule has 1 aromatic heterocycles. The van der Waals surface area contributed by atoms with Gasteiger partial charge in [0.05, 0.1) is 6.54 Å². The number of carboxylic acids is 1. The lowest BCUT2D eigenvalue weighted by Gasteiger charge is -2.26. The Bertz CT molecular complexity index is 816. The van der Waals surface area contributed by atoms with Crippen molar-refractivity contribution in [2.24, 2.45) is 5.92 Å². The van der Waals surface area contributed by atoms with E-state index in [0.29, 0.717) is 11.6 Å². The Labute approximate surface area is 143 Å². The molecule has 1 saturated carbocycles. The summed E-state index contributed by atoms with van der Waals surface area (Å²) in [5.41, 5.74) is 2.78. The number of hydrogen-bond donors (Lipinski definition) is 2. The number of rotatable bonds is 4. The van der Waals surface area contributed by atoms with E-state index in [0.717, 1.165) is 25.7 Å². The summed E-state index contributed by atoms with van der Waals surface area (Å²) < 4.78 is 0. The summed E-state index contributed by atoms with van der Waals surface area (Å²) in [4.78, 5) is 27.4. The molecule has 24 heavy (non-hydrogen) atoms. The molecule has 6 heteroatoms. The van der Waals surface area contributed by atoms with Gasteiger partial charge in [0, 0.05) is 16.7 Å². The number of nitrogens with zero attached hydrogens (tertiary/aromatic N) is 1. The number of fused-ring (bicyclic) bond motifs is 2. The second-order valence-corrected chi connectivity index (χ2v) is 7.52. The first-order valence-corrected chi connectivity index (χ1v) is 9.02. The Hall–Kier alpha value is -2.21. The number of benzene rings is 1. The van der Waals surface area contributed by atoms with E-state index < -0.39 is 5.97 Å². The number of aryl methyl sites for hydroxylation is 1. The van der Waals surface area contributed by atoms with Crippen LogP contribution in [0.5, 0.6) is 0 Å². The lowest BCUT2D eigenvalue weighted by atomic mass is 9.78. The van der Waals surface area contributed by atoms with Crippen LogP contribution in [0.4, 0.5) is 0 Å². The van der Waals surface area contributed by atoms with E-state index in [4.69, 9.17) is 5.11 Å². The van der Waals surface area contributed by atoms with Crippen LogP contribution in [0.3, 0.4) is 0 Å². The monoisotopic (exact) mass is 342 g/mol. The SMILES string of the molecule is O=C(O)c1csc(CNC(=O)C2CC23CCCc2ccccc23)n1. The summed E-state index contributed by atoms with van der Waals surface area (Å²) in [5.74, 6) is -0.958. The first kappa shape index (κ1) is 15.3. The van der Waals surface area contributed by atoms with E-state index in [2.05, 4.69) is 34.6 Å². The van der Waals surface area contributed by atoms with Crippen molar-refractivity contribution in [1.29, 1.82) is 0 Å². The van der Waals surface area contributed by atoms with Gasteiger partial charge in [-0.25, -0.2) is 9.78 Å². The minimum atomic E-state index is -1.04. The maximum absolute atomic E-state index is 12.6. The van der Waals surface area contributed by atoms with Crippen molar-refractivity contribution >= 4 is 23.2 Å². The second kappa shape index (κ2) is 5.70. The van der Waals surface area contributed by atoms with Crippen LogP contribution < -0.4 is 5.32 Å². The van der Waals surface area contributed by atoms with Crippen molar-refractivity contribution in [2.75, 3.05) is 0 Å². The molecular formula is C18H18N2O3S. The maximum Gasteiger partial charge on any atom is 0.355 e. The van der Waals surface area contributed by atoms with Crippen LogP contribution in [0.15, 0.2) is 29.6 Å². The summed E-state index contributed by atoms with van der Waals surface area (Å²) in [6.45, 7) is 0.297. The number of amides is 1.